The zero-order chi connectivity index (χ0) is 26.9. The third-order valence-corrected chi connectivity index (χ3v) is 6.05. The Morgan fingerprint density at radius 3 is 2.00 bits per heavy atom. The number of rotatable bonds is 6. The molecule has 0 aliphatic heterocycles. The Bertz CT molecular complexity index is 1670. The van der Waals surface area contributed by atoms with Gasteiger partial charge in [-0.15, -0.1) is 0 Å². The molecule has 0 aliphatic rings. The van der Waals surface area contributed by atoms with Crippen LogP contribution in [0.25, 0.3) is 21.8 Å². The number of hydrogen-bond acceptors (Lipinski definition) is 4. The number of aromatic nitrogens is 1. The molecular formula is C29H21F3N2O4. The number of alkyl halides is 3. The van der Waals surface area contributed by atoms with Crippen LogP contribution in [0.5, 0.6) is 17.2 Å². The number of nitrogens with one attached hydrogen (secondary N) is 1. The first-order valence-corrected chi connectivity index (χ1v) is 11.6. The van der Waals surface area contributed by atoms with Gasteiger partial charge in [-0.25, -0.2) is 0 Å². The summed E-state index contributed by atoms with van der Waals surface area (Å²) >= 11 is 0. The number of carbonyl (C=O) groups is 1. The van der Waals surface area contributed by atoms with Crippen LogP contribution in [0.2, 0.25) is 0 Å². The molecule has 0 saturated heterocycles. The van der Waals surface area contributed by atoms with Crippen molar-refractivity contribution in [2.75, 3.05) is 12.4 Å². The van der Waals surface area contributed by atoms with E-state index in [1.165, 1.54) is 7.11 Å². The fourth-order valence-corrected chi connectivity index (χ4v) is 4.30. The molecule has 1 aromatic heterocycles. The van der Waals surface area contributed by atoms with Gasteiger partial charge in [0.25, 0.3) is 0 Å². The van der Waals surface area contributed by atoms with E-state index in [1.54, 1.807) is 77.4 Å². The van der Waals surface area contributed by atoms with Crippen LogP contribution >= 0.6 is 0 Å². The van der Waals surface area contributed by atoms with Gasteiger partial charge < -0.3 is 19.4 Å². The highest BCUT2D eigenvalue weighted by Gasteiger charge is 2.31. The fraction of sp³-hybridized carbons (Fsp3) is 0.103. The van der Waals surface area contributed by atoms with Gasteiger partial charge in [0.1, 0.15) is 6.54 Å². The van der Waals surface area contributed by atoms with Crippen molar-refractivity contribution in [3.8, 4) is 17.2 Å². The Labute approximate surface area is 214 Å². The van der Waals surface area contributed by atoms with Crippen molar-refractivity contribution in [3.63, 3.8) is 0 Å². The predicted molar refractivity (Wildman–Crippen MR) is 139 cm³/mol. The van der Waals surface area contributed by atoms with Crippen LogP contribution in [-0.2, 0) is 17.5 Å². The Balaban J connectivity index is 1.54. The number of hydrogen-bond donors (Lipinski definition) is 1. The van der Waals surface area contributed by atoms with Crippen molar-refractivity contribution in [1.29, 1.82) is 0 Å². The molecule has 0 fully saturated rings. The zero-order valence-electron chi connectivity index (χ0n) is 20.1. The lowest BCUT2D eigenvalue weighted by Crippen LogP contribution is -2.22. The molecular weight excluding hydrogens is 497 g/mol. The molecule has 192 valence electrons. The maximum atomic E-state index is 13.5. The lowest BCUT2D eigenvalue weighted by atomic mass is 10.1. The van der Waals surface area contributed by atoms with Gasteiger partial charge in [-0.2, -0.15) is 13.2 Å². The summed E-state index contributed by atoms with van der Waals surface area (Å²) in [6, 6.07) is 23.2. The van der Waals surface area contributed by atoms with E-state index in [1.807, 2.05) is 0 Å². The number of ether oxygens (including phenoxy) is 2. The normalized spacial score (nSPS) is 11.5. The first kappa shape index (κ1) is 24.9. The first-order valence-electron chi connectivity index (χ1n) is 11.6. The summed E-state index contributed by atoms with van der Waals surface area (Å²) in [5, 5.41) is 3.43. The number of anilines is 1. The third kappa shape index (κ3) is 4.78. The van der Waals surface area contributed by atoms with Crippen LogP contribution in [0, 0.1) is 0 Å². The number of para-hydroxylation sites is 4. The number of nitrogens with zero attached hydrogens (tertiary/aromatic N) is 1. The molecule has 1 heterocycles. The molecule has 0 aliphatic carbocycles. The molecule has 6 nitrogen and oxygen atoms in total. The minimum Gasteiger partial charge on any atom is -0.493 e. The van der Waals surface area contributed by atoms with Crippen LogP contribution < -0.4 is 20.2 Å². The van der Waals surface area contributed by atoms with E-state index in [2.05, 4.69) is 5.32 Å². The van der Waals surface area contributed by atoms with E-state index in [-0.39, 0.29) is 29.2 Å². The molecule has 0 unspecified atom stereocenters. The molecule has 0 spiro atoms. The molecule has 0 bridgehead atoms. The number of pyridine rings is 1. The van der Waals surface area contributed by atoms with Gasteiger partial charge in [-0.1, -0.05) is 36.4 Å². The summed E-state index contributed by atoms with van der Waals surface area (Å²) in [7, 11) is 1.44. The minimum absolute atomic E-state index is 0.00507. The molecule has 1 N–H and O–H groups in total. The van der Waals surface area contributed by atoms with Gasteiger partial charge in [0, 0.05) is 10.8 Å². The highest BCUT2D eigenvalue weighted by molar-refractivity contribution is 5.97. The summed E-state index contributed by atoms with van der Waals surface area (Å²) in [4.78, 5) is 26.2. The average molecular weight is 518 g/mol. The van der Waals surface area contributed by atoms with E-state index in [9.17, 15) is 22.8 Å². The number of carbonyl (C=O) groups excluding carboxylic acids is 1. The van der Waals surface area contributed by atoms with Crippen LogP contribution in [0.4, 0.5) is 18.9 Å². The van der Waals surface area contributed by atoms with Gasteiger partial charge in [0.2, 0.25) is 5.91 Å². The largest absolute Gasteiger partial charge is 0.493 e. The Kier molecular flexibility index (Phi) is 6.50. The topological polar surface area (TPSA) is 69.6 Å². The summed E-state index contributed by atoms with van der Waals surface area (Å²) < 4.78 is 53.3. The SMILES string of the molecule is COc1ccccc1Oc1ccc(C(F)(F)F)cc1NC(=O)Cn1c2ccccc2c(=O)c2ccccc21. The van der Waals surface area contributed by atoms with Crippen LogP contribution in [0.15, 0.2) is 95.8 Å². The second kappa shape index (κ2) is 9.93. The lowest BCUT2D eigenvalue weighted by Gasteiger charge is -2.18. The standard InChI is InChI=1S/C29H21F3N2O4/c1-37-25-12-6-7-13-26(25)38-24-15-14-18(29(30,31)32)16-21(24)33-27(35)17-34-22-10-4-2-8-19(22)28(36)20-9-3-5-11-23(20)34/h2-16H,17H2,1H3,(H,33,35). The Hall–Kier alpha value is -4.79. The fourth-order valence-electron chi connectivity index (χ4n) is 4.30. The molecule has 38 heavy (non-hydrogen) atoms. The first-order chi connectivity index (χ1) is 18.3. The molecule has 5 rings (SSSR count). The third-order valence-electron chi connectivity index (χ3n) is 6.05. The second-order valence-corrected chi connectivity index (χ2v) is 8.46. The molecule has 5 aromatic rings. The van der Waals surface area contributed by atoms with Crippen molar-refractivity contribution in [2.24, 2.45) is 0 Å². The summed E-state index contributed by atoms with van der Waals surface area (Å²) in [6.07, 6.45) is -4.63. The zero-order valence-corrected chi connectivity index (χ0v) is 20.1. The lowest BCUT2D eigenvalue weighted by molar-refractivity contribution is -0.137. The highest BCUT2D eigenvalue weighted by atomic mass is 19.4. The highest BCUT2D eigenvalue weighted by Crippen LogP contribution is 2.39. The summed E-state index contributed by atoms with van der Waals surface area (Å²) in [5.74, 6) is 0.0390. The molecule has 1 amide bonds. The number of benzene rings is 4. The maximum absolute atomic E-state index is 13.5. The van der Waals surface area contributed by atoms with Gasteiger partial charge in [-0.3, -0.25) is 9.59 Å². The minimum atomic E-state index is -4.63. The van der Waals surface area contributed by atoms with Crippen LogP contribution in [0.1, 0.15) is 5.56 Å². The van der Waals surface area contributed by atoms with Crippen molar-refractivity contribution in [1.82, 2.24) is 4.57 Å². The van der Waals surface area contributed by atoms with Gasteiger partial charge >= 0.3 is 6.18 Å². The van der Waals surface area contributed by atoms with E-state index in [0.29, 0.717) is 27.6 Å². The van der Waals surface area contributed by atoms with Crippen molar-refractivity contribution >= 4 is 33.4 Å². The van der Waals surface area contributed by atoms with Crippen LogP contribution in [0.3, 0.4) is 0 Å². The molecule has 0 atom stereocenters. The number of fused-ring (bicyclic) bond motifs is 2. The quantitative estimate of drug-likeness (QED) is 0.257. The predicted octanol–water partition coefficient (Wildman–Crippen LogP) is 6.61. The number of halogens is 3. The van der Waals surface area contributed by atoms with Gasteiger partial charge in [0.15, 0.2) is 22.7 Å². The van der Waals surface area contributed by atoms with E-state index in [0.717, 1.165) is 18.2 Å². The van der Waals surface area contributed by atoms with Crippen molar-refractivity contribution in [2.45, 2.75) is 12.7 Å². The van der Waals surface area contributed by atoms with Gasteiger partial charge in [0.05, 0.1) is 29.4 Å². The van der Waals surface area contributed by atoms with E-state index in [4.69, 9.17) is 9.47 Å². The van der Waals surface area contributed by atoms with Crippen molar-refractivity contribution in [3.05, 3.63) is 107 Å². The van der Waals surface area contributed by atoms with Crippen LogP contribution in [-0.4, -0.2) is 17.6 Å². The smallest absolute Gasteiger partial charge is 0.416 e. The van der Waals surface area contributed by atoms with E-state index < -0.39 is 17.6 Å². The second-order valence-electron chi connectivity index (χ2n) is 8.46. The van der Waals surface area contributed by atoms with Gasteiger partial charge in [-0.05, 0) is 54.6 Å². The molecule has 9 heteroatoms. The average Bonchev–Trinajstić information content (AvgIpc) is 2.91. The Morgan fingerprint density at radius 1 is 0.816 bits per heavy atom. The molecule has 0 radical (unpaired) electrons. The number of amides is 1. The Morgan fingerprint density at radius 2 is 1.39 bits per heavy atom. The van der Waals surface area contributed by atoms with E-state index >= 15 is 0 Å². The number of methoxy groups -OCH3 is 1. The molecule has 0 saturated carbocycles. The summed E-state index contributed by atoms with van der Waals surface area (Å²) in [5.41, 5.74) is -0.218. The maximum Gasteiger partial charge on any atom is 0.416 e. The molecule has 4 aromatic carbocycles. The van der Waals surface area contributed by atoms with Crippen molar-refractivity contribution < 1.29 is 27.4 Å². The summed E-state index contributed by atoms with van der Waals surface area (Å²) in [6.45, 7) is -0.258. The monoisotopic (exact) mass is 518 g/mol.